The van der Waals surface area contributed by atoms with Crippen molar-refractivity contribution < 1.29 is 19.6 Å². The predicted octanol–water partition coefficient (Wildman–Crippen LogP) is 2.89. The highest BCUT2D eigenvalue weighted by Gasteiger charge is 2.25. The smallest absolute Gasteiger partial charge is 0.361 e. The third kappa shape index (κ3) is 5.29. The highest BCUT2D eigenvalue weighted by molar-refractivity contribution is 9.10. The fourth-order valence-electron chi connectivity index (χ4n) is 2.54. The molecule has 0 unspecified atom stereocenters. The summed E-state index contributed by atoms with van der Waals surface area (Å²) < 4.78 is 5.60. The molecule has 2 aromatic rings. The lowest BCUT2D eigenvalue weighted by Gasteiger charge is -2.20. The van der Waals surface area contributed by atoms with Crippen LogP contribution >= 0.6 is 27.5 Å². The maximum Gasteiger partial charge on any atom is 0.361 e. The van der Waals surface area contributed by atoms with Crippen LogP contribution in [0, 0.1) is 0 Å². The van der Waals surface area contributed by atoms with Crippen molar-refractivity contribution >= 4 is 45.1 Å². The van der Waals surface area contributed by atoms with E-state index in [1.807, 2.05) is 41.7 Å². The van der Waals surface area contributed by atoms with E-state index < -0.39 is 0 Å². The van der Waals surface area contributed by atoms with E-state index in [1.165, 1.54) is 14.0 Å². The molecule has 0 aliphatic carbocycles. The standard InChI is InChI=1S/C18H18BrClN2O3/c1-11(23)22-16-8-7-12(19)9-14(16)18(21-10-17(24)25-2)13-5-3-4-6-15(13)20/h3-9,18,21H,10H2,1-2H3,(H,22,23)/p+1/t18-/m1/s1. The van der Waals surface area contributed by atoms with E-state index >= 15 is 0 Å². The Hall–Kier alpha value is -1.89. The molecule has 0 spiro atoms. The molecule has 25 heavy (non-hydrogen) atoms. The number of anilines is 1. The molecule has 0 saturated heterocycles. The quantitative estimate of drug-likeness (QED) is 0.698. The van der Waals surface area contributed by atoms with Gasteiger partial charge in [0.2, 0.25) is 5.91 Å². The third-order valence-corrected chi connectivity index (χ3v) is 4.49. The van der Waals surface area contributed by atoms with Gasteiger partial charge in [-0.2, -0.15) is 0 Å². The van der Waals surface area contributed by atoms with Crippen LogP contribution in [0.5, 0.6) is 0 Å². The van der Waals surface area contributed by atoms with Crippen LogP contribution in [-0.2, 0) is 14.3 Å². The van der Waals surface area contributed by atoms with Gasteiger partial charge in [-0.05, 0) is 24.3 Å². The molecule has 0 fully saturated rings. The molecular weight excluding hydrogens is 408 g/mol. The lowest BCUT2D eigenvalue weighted by atomic mass is 9.96. The number of halogens is 2. The molecule has 1 amide bonds. The third-order valence-electron chi connectivity index (χ3n) is 3.65. The van der Waals surface area contributed by atoms with Gasteiger partial charge in [-0.15, -0.1) is 0 Å². The van der Waals surface area contributed by atoms with Gasteiger partial charge in [-0.3, -0.25) is 4.79 Å². The SMILES string of the molecule is COC(=O)C[NH2+][C@H](c1ccccc1Cl)c1cc(Br)ccc1NC(C)=O. The minimum Gasteiger partial charge on any atom is -0.465 e. The van der Waals surface area contributed by atoms with Crippen LogP contribution in [-0.4, -0.2) is 25.5 Å². The zero-order valence-corrected chi connectivity index (χ0v) is 16.2. The summed E-state index contributed by atoms with van der Waals surface area (Å²) in [6.07, 6.45) is 0. The van der Waals surface area contributed by atoms with Crippen molar-refractivity contribution in [3.63, 3.8) is 0 Å². The molecule has 0 bridgehead atoms. The van der Waals surface area contributed by atoms with Crippen LogP contribution in [0.3, 0.4) is 0 Å². The number of benzene rings is 2. The van der Waals surface area contributed by atoms with Crippen molar-refractivity contribution in [1.82, 2.24) is 0 Å². The Kier molecular flexibility index (Phi) is 6.99. The van der Waals surface area contributed by atoms with E-state index in [0.29, 0.717) is 10.7 Å². The average molecular weight is 427 g/mol. The molecule has 0 aliphatic heterocycles. The molecule has 0 heterocycles. The van der Waals surface area contributed by atoms with Gasteiger partial charge in [0.25, 0.3) is 0 Å². The topological polar surface area (TPSA) is 72.0 Å². The summed E-state index contributed by atoms with van der Waals surface area (Å²) in [4.78, 5) is 23.2. The number of esters is 1. The van der Waals surface area contributed by atoms with Crippen LogP contribution < -0.4 is 10.6 Å². The number of hydrogen-bond acceptors (Lipinski definition) is 3. The lowest BCUT2D eigenvalue weighted by molar-refractivity contribution is -0.677. The Bertz CT molecular complexity index is 783. The molecule has 1 atom stereocenters. The maximum atomic E-state index is 11.6. The lowest BCUT2D eigenvalue weighted by Crippen LogP contribution is -2.87. The zero-order chi connectivity index (χ0) is 18.4. The minimum atomic E-state index is -0.340. The molecule has 2 rings (SSSR count). The number of rotatable bonds is 6. The molecule has 3 N–H and O–H groups in total. The largest absolute Gasteiger partial charge is 0.465 e. The molecule has 0 saturated carbocycles. The first-order valence-electron chi connectivity index (χ1n) is 7.64. The number of carbonyl (C=O) groups is 2. The monoisotopic (exact) mass is 425 g/mol. The fourth-order valence-corrected chi connectivity index (χ4v) is 3.17. The summed E-state index contributed by atoms with van der Waals surface area (Å²) in [6, 6.07) is 12.7. The summed E-state index contributed by atoms with van der Waals surface area (Å²) in [5.74, 6) is -0.512. The average Bonchev–Trinajstić information content (AvgIpc) is 2.58. The Morgan fingerprint density at radius 2 is 1.96 bits per heavy atom. The molecule has 5 nitrogen and oxygen atoms in total. The van der Waals surface area contributed by atoms with Gasteiger partial charge in [-0.1, -0.05) is 45.7 Å². The Morgan fingerprint density at radius 3 is 2.60 bits per heavy atom. The van der Waals surface area contributed by atoms with Crippen molar-refractivity contribution in [2.24, 2.45) is 0 Å². The molecule has 132 valence electrons. The Labute approximate surface area is 159 Å². The molecular formula is C18H19BrClN2O3+. The number of nitrogens with one attached hydrogen (secondary N) is 1. The van der Waals surface area contributed by atoms with E-state index in [1.54, 1.807) is 6.07 Å². The second kappa shape index (κ2) is 8.99. The summed E-state index contributed by atoms with van der Waals surface area (Å²) in [6.45, 7) is 1.58. The second-order valence-corrected chi connectivity index (χ2v) is 6.75. The summed E-state index contributed by atoms with van der Waals surface area (Å²) in [5, 5.41) is 5.25. The Balaban J connectivity index is 2.51. The van der Waals surface area contributed by atoms with Gasteiger partial charge >= 0.3 is 5.97 Å². The number of methoxy groups -OCH3 is 1. The van der Waals surface area contributed by atoms with E-state index in [9.17, 15) is 9.59 Å². The summed E-state index contributed by atoms with van der Waals surface area (Å²) >= 11 is 9.85. The Morgan fingerprint density at radius 1 is 1.24 bits per heavy atom. The van der Waals surface area contributed by atoms with Crippen LogP contribution in [0.25, 0.3) is 0 Å². The van der Waals surface area contributed by atoms with E-state index in [-0.39, 0.29) is 24.5 Å². The van der Waals surface area contributed by atoms with Crippen LogP contribution in [0.15, 0.2) is 46.9 Å². The molecule has 7 heteroatoms. The van der Waals surface area contributed by atoms with E-state index in [0.717, 1.165) is 15.6 Å². The highest BCUT2D eigenvalue weighted by Crippen LogP contribution is 2.32. The van der Waals surface area contributed by atoms with Crippen molar-refractivity contribution in [3.05, 3.63) is 63.1 Å². The van der Waals surface area contributed by atoms with Crippen molar-refractivity contribution in [2.75, 3.05) is 19.0 Å². The molecule has 0 radical (unpaired) electrons. The van der Waals surface area contributed by atoms with E-state index in [2.05, 4.69) is 21.2 Å². The summed E-state index contributed by atoms with van der Waals surface area (Å²) in [7, 11) is 1.35. The molecule has 0 aromatic heterocycles. The minimum absolute atomic E-state index is 0.123. The highest BCUT2D eigenvalue weighted by atomic mass is 79.9. The first kappa shape index (κ1) is 19.4. The normalized spacial score (nSPS) is 11.7. The van der Waals surface area contributed by atoms with Gasteiger partial charge in [0.05, 0.1) is 17.8 Å². The van der Waals surface area contributed by atoms with Gasteiger partial charge < -0.3 is 15.4 Å². The number of carbonyl (C=O) groups excluding carboxylic acids is 2. The fraction of sp³-hybridized carbons (Fsp3) is 0.222. The van der Waals surface area contributed by atoms with Crippen molar-refractivity contribution in [2.45, 2.75) is 13.0 Å². The second-order valence-electron chi connectivity index (χ2n) is 5.43. The van der Waals surface area contributed by atoms with Crippen LogP contribution in [0.4, 0.5) is 5.69 Å². The maximum absolute atomic E-state index is 11.6. The first-order chi connectivity index (χ1) is 11.9. The molecule has 0 aliphatic rings. The molecule has 2 aromatic carbocycles. The number of ether oxygens (including phenoxy) is 1. The zero-order valence-electron chi connectivity index (χ0n) is 13.9. The van der Waals surface area contributed by atoms with Crippen molar-refractivity contribution in [1.29, 1.82) is 0 Å². The van der Waals surface area contributed by atoms with Crippen LogP contribution in [0.1, 0.15) is 24.1 Å². The number of amides is 1. The van der Waals surface area contributed by atoms with Crippen LogP contribution in [0.2, 0.25) is 5.02 Å². The number of quaternary nitrogens is 1. The van der Waals surface area contributed by atoms with Gasteiger partial charge in [0.1, 0.15) is 6.04 Å². The predicted molar refractivity (Wildman–Crippen MR) is 101 cm³/mol. The summed E-state index contributed by atoms with van der Waals surface area (Å²) in [5.41, 5.74) is 2.35. The van der Waals surface area contributed by atoms with Gasteiger partial charge in [0.15, 0.2) is 6.54 Å². The van der Waals surface area contributed by atoms with Crippen molar-refractivity contribution in [3.8, 4) is 0 Å². The van der Waals surface area contributed by atoms with E-state index in [4.69, 9.17) is 16.3 Å². The van der Waals surface area contributed by atoms with Gasteiger partial charge in [0, 0.05) is 22.5 Å². The first-order valence-corrected chi connectivity index (χ1v) is 8.81. The van der Waals surface area contributed by atoms with Gasteiger partial charge in [-0.25, -0.2) is 4.79 Å². The number of nitrogens with two attached hydrogens (primary N) is 1. The number of hydrogen-bond donors (Lipinski definition) is 2.